The average Bonchev–Trinajstić information content (AvgIpc) is 3.05. The zero-order chi connectivity index (χ0) is 28.9. The molecule has 0 bridgehead atoms. The first kappa shape index (κ1) is 29.4. The Morgan fingerprint density at radius 1 is 0.366 bits per heavy atom. The summed E-state index contributed by atoms with van der Waals surface area (Å²) in [6.45, 7) is 0.101. The molecule has 0 spiro atoms. The normalized spacial score (nSPS) is 11.1. The minimum absolute atomic E-state index is 0.0252. The average molecular weight is 553 g/mol. The fourth-order valence-corrected chi connectivity index (χ4v) is 3.71. The molecule has 8 nitrogen and oxygen atoms in total. The van der Waals surface area contributed by atoms with Crippen LogP contribution in [0.4, 0.5) is 0 Å². The predicted molar refractivity (Wildman–Crippen MR) is 149 cm³/mol. The molecule has 0 aliphatic carbocycles. The van der Waals surface area contributed by atoms with Gasteiger partial charge in [-0.15, -0.1) is 0 Å². The highest BCUT2D eigenvalue weighted by atomic mass is 17.0. The number of hydrogen-bond acceptors (Lipinski definition) is 8. The van der Waals surface area contributed by atoms with Crippen molar-refractivity contribution in [2.24, 2.45) is 0 Å². The van der Waals surface area contributed by atoms with Crippen molar-refractivity contribution in [3.63, 3.8) is 0 Å². The molecule has 4 aromatic carbocycles. The first-order chi connectivity index (χ1) is 20.0. The minimum Gasteiger partial charge on any atom is -0.298 e. The van der Waals surface area contributed by atoms with Crippen LogP contribution in [0, 0.1) is 0 Å². The summed E-state index contributed by atoms with van der Waals surface area (Å²) < 4.78 is 24.7. The van der Waals surface area contributed by atoms with Crippen LogP contribution in [0.2, 0.25) is 0 Å². The van der Waals surface area contributed by atoms with Crippen molar-refractivity contribution >= 4 is 25.1 Å². The summed E-state index contributed by atoms with van der Waals surface area (Å²) in [7, 11) is 0. The Morgan fingerprint density at radius 3 is 0.732 bits per heavy atom. The molecule has 208 valence electrons. The predicted octanol–water partition coefficient (Wildman–Crippen LogP) is 5.71. The van der Waals surface area contributed by atoms with Gasteiger partial charge in [-0.3, -0.25) is 38.1 Å². The fraction of sp³-hybridized carbons (Fsp3) is 0.152. The van der Waals surface area contributed by atoms with Gasteiger partial charge in [-0.2, -0.15) is 0 Å². The molecule has 0 amide bonds. The lowest BCUT2D eigenvalue weighted by Crippen LogP contribution is -2.42. The summed E-state index contributed by atoms with van der Waals surface area (Å²) in [5.74, 6) is 0. The SMILES string of the molecule is O=Cc1ccc(COC(OCc2ccc(C=O)cc2)(OCc2ccc(C=O)cc2)OCc2ccc(C=O)cc2)cc1. The maximum Gasteiger partial charge on any atom is 0.414 e. The molecule has 8 heteroatoms. The van der Waals surface area contributed by atoms with Gasteiger partial charge in [0.1, 0.15) is 25.1 Å². The van der Waals surface area contributed by atoms with Gasteiger partial charge in [0.25, 0.3) is 0 Å². The highest BCUT2D eigenvalue weighted by Gasteiger charge is 2.37. The molecule has 0 aliphatic heterocycles. The highest BCUT2D eigenvalue weighted by Crippen LogP contribution is 2.26. The second kappa shape index (κ2) is 14.7. The van der Waals surface area contributed by atoms with E-state index in [9.17, 15) is 19.2 Å². The van der Waals surface area contributed by atoms with Crippen molar-refractivity contribution in [1.29, 1.82) is 0 Å². The molecule has 0 aromatic heterocycles. The Kier molecular flexibility index (Phi) is 10.5. The first-order valence-electron chi connectivity index (χ1n) is 12.8. The number of carbonyl (C=O) groups is 4. The molecule has 0 unspecified atom stereocenters. The van der Waals surface area contributed by atoms with E-state index < -0.39 is 6.16 Å². The lowest BCUT2D eigenvalue weighted by atomic mass is 10.1. The maximum atomic E-state index is 11.1. The Labute approximate surface area is 237 Å². The van der Waals surface area contributed by atoms with E-state index in [1.165, 1.54) is 0 Å². The van der Waals surface area contributed by atoms with Crippen LogP contribution in [0.15, 0.2) is 97.1 Å². The van der Waals surface area contributed by atoms with E-state index in [1.807, 2.05) is 0 Å². The Bertz CT molecular complexity index is 1200. The molecule has 0 N–H and O–H groups in total. The lowest BCUT2D eigenvalue weighted by molar-refractivity contribution is -0.513. The fourth-order valence-electron chi connectivity index (χ4n) is 3.71. The second-order valence-corrected chi connectivity index (χ2v) is 9.09. The summed E-state index contributed by atoms with van der Waals surface area (Å²) >= 11 is 0. The van der Waals surface area contributed by atoms with Crippen LogP contribution in [0.3, 0.4) is 0 Å². The van der Waals surface area contributed by atoms with Crippen molar-refractivity contribution in [3.8, 4) is 0 Å². The number of ether oxygens (including phenoxy) is 4. The molecule has 0 aliphatic rings. The third-order valence-corrected chi connectivity index (χ3v) is 6.13. The van der Waals surface area contributed by atoms with E-state index in [-0.39, 0.29) is 26.4 Å². The molecule has 0 saturated carbocycles. The lowest BCUT2D eigenvalue weighted by Gasteiger charge is -2.32. The third-order valence-electron chi connectivity index (χ3n) is 6.13. The number of aldehydes is 4. The van der Waals surface area contributed by atoms with Crippen LogP contribution in [0.5, 0.6) is 0 Å². The minimum atomic E-state index is -1.99. The summed E-state index contributed by atoms with van der Waals surface area (Å²) in [4.78, 5) is 44.3. The zero-order valence-electron chi connectivity index (χ0n) is 22.1. The molecular weight excluding hydrogens is 524 g/mol. The first-order valence-corrected chi connectivity index (χ1v) is 12.8. The molecule has 4 rings (SSSR count). The molecule has 0 atom stereocenters. The summed E-state index contributed by atoms with van der Waals surface area (Å²) in [6.07, 6.45) is 1.04. The van der Waals surface area contributed by atoms with Crippen molar-refractivity contribution in [1.82, 2.24) is 0 Å². The van der Waals surface area contributed by atoms with Crippen molar-refractivity contribution in [2.75, 3.05) is 0 Å². The summed E-state index contributed by atoms with van der Waals surface area (Å²) in [6, 6.07) is 27.4. The van der Waals surface area contributed by atoms with E-state index in [4.69, 9.17) is 18.9 Å². The van der Waals surface area contributed by atoms with Crippen molar-refractivity contribution < 1.29 is 38.1 Å². The van der Waals surface area contributed by atoms with Crippen LogP contribution in [-0.4, -0.2) is 31.3 Å². The number of carbonyl (C=O) groups excluding carboxylic acids is 4. The summed E-state index contributed by atoms with van der Waals surface area (Å²) in [5, 5.41) is 0. The van der Waals surface area contributed by atoms with E-state index in [2.05, 4.69) is 0 Å². The van der Waals surface area contributed by atoms with Gasteiger partial charge in [-0.1, -0.05) is 97.1 Å². The Hall–Kier alpha value is -4.60. The van der Waals surface area contributed by atoms with Gasteiger partial charge in [0.15, 0.2) is 0 Å². The van der Waals surface area contributed by atoms with E-state index >= 15 is 0 Å². The molecule has 0 heterocycles. The standard InChI is InChI=1S/C33H28O8/c34-17-25-1-9-29(10-2-25)21-38-33(39-22-30-11-3-26(18-35)4-12-30,40-23-31-13-5-27(19-36)6-14-31)41-24-32-15-7-28(20-37)8-16-32/h1-20H,21-24H2. The number of benzene rings is 4. The van der Waals surface area contributed by atoms with Gasteiger partial charge in [-0.25, -0.2) is 0 Å². The number of hydrogen-bond donors (Lipinski definition) is 0. The van der Waals surface area contributed by atoms with Gasteiger partial charge in [0.2, 0.25) is 0 Å². The van der Waals surface area contributed by atoms with Crippen molar-refractivity contribution in [3.05, 3.63) is 142 Å². The summed E-state index contributed by atoms with van der Waals surface area (Å²) in [5.41, 5.74) is 5.10. The molecular formula is C33H28O8. The van der Waals surface area contributed by atoms with Gasteiger partial charge < -0.3 is 0 Å². The van der Waals surface area contributed by atoms with E-state index in [0.29, 0.717) is 22.3 Å². The maximum absolute atomic E-state index is 11.1. The van der Waals surface area contributed by atoms with Crippen LogP contribution >= 0.6 is 0 Å². The van der Waals surface area contributed by atoms with Crippen LogP contribution in [0.25, 0.3) is 0 Å². The Morgan fingerprint density at radius 2 is 0.561 bits per heavy atom. The topological polar surface area (TPSA) is 105 Å². The van der Waals surface area contributed by atoms with Gasteiger partial charge in [0.05, 0.1) is 26.4 Å². The van der Waals surface area contributed by atoms with Crippen LogP contribution in [0.1, 0.15) is 63.7 Å². The smallest absolute Gasteiger partial charge is 0.298 e. The largest absolute Gasteiger partial charge is 0.414 e. The van der Waals surface area contributed by atoms with Crippen LogP contribution < -0.4 is 0 Å². The molecule has 4 aromatic rings. The van der Waals surface area contributed by atoms with Crippen LogP contribution in [-0.2, 0) is 45.4 Å². The van der Waals surface area contributed by atoms with Gasteiger partial charge in [-0.05, 0) is 22.3 Å². The van der Waals surface area contributed by atoms with Gasteiger partial charge >= 0.3 is 6.16 Å². The van der Waals surface area contributed by atoms with Gasteiger partial charge in [0, 0.05) is 22.3 Å². The quantitative estimate of drug-likeness (QED) is 0.128. The Balaban J connectivity index is 1.60. The molecule has 41 heavy (non-hydrogen) atoms. The zero-order valence-corrected chi connectivity index (χ0v) is 22.1. The number of rotatable bonds is 16. The molecule has 0 radical (unpaired) electrons. The van der Waals surface area contributed by atoms with E-state index in [0.717, 1.165) is 47.4 Å². The van der Waals surface area contributed by atoms with E-state index in [1.54, 1.807) is 97.1 Å². The van der Waals surface area contributed by atoms with Crippen molar-refractivity contribution in [2.45, 2.75) is 32.6 Å². The highest BCUT2D eigenvalue weighted by molar-refractivity contribution is 5.75. The second-order valence-electron chi connectivity index (χ2n) is 9.09. The molecule has 0 saturated heterocycles. The third kappa shape index (κ3) is 8.69. The monoisotopic (exact) mass is 552 g/mol. The molecule has 0 fully saturated rings.